The predicted octanol–water partition coefficient (Wildman–Crippen LogP) is 8.76. The molecular weight excluding hydrogens is 1020 g/mol. The number of unbranched alkanes of at least 4 members (excludes halogenated alkanes) is 1. The van der Waals surface area contributed by atoms with Gasteiger partial charge >= 0.3 is 6.18 Å². The average Bonchev–Trinajstić information content (AvgIpc) is 4.01. The highest BCUT2D eigenvalue weighted by molar-refractivity contribution is 7.81. The van der Waals surface area contributed by atoms with Gasteiger partial charge in [0, 0.05) is 31.7 Å². The monoisotopic (exact) mass is 1080 g/mol. The van der Waals surface area contributed by atoms with E-state index in [9.17, 15) is 42.7 Å². The van der Waals surface area contributed by atoms with Gasteiger partial charge in [-0.1, -0.05) is 56.6 Å². The summed E-state index contributed by atoms with van der Waals surface area (Å²) < 4.78 is 68.4. The molecule has 0 spiro atoms. The Bertz CT molecular complexity index is 2980. The number of aromatic nitrogens is 2. The summed E-state index contributed by atoms with van der Waals surface area (Å²) in [4.78, 5) is 67.4. The maximum atomic E-state index is 15.5. The second kappa shape index (κ2) is 22.5. The van der Waals surface area contributed by atoms with Gasteiger partial charge in [-0.2, -0.15) is 18.4 Å². The summed E-state index contributed by atoms with van der Waals surface area (Å²) in [6.07, 6.45) is -3.58. The van der Waals surface area contributed by atoms with Crippen LogP contribution in [0, 0.1) is 29.5 Å². The first kappa shape index (κ1) is 55.2. The van der Waals surface area contributed by atoms with Gasteiger partial charge in [0.25, 0.3) is 5.91 Å². The third-order valence-corrected chi connectivity index (χ3v) is 14.2. The number of thiocarbonyl (C=S) groups is 1. The van der Waals surface area contributed by atoms with Crippen LogP contribution in [0.4, 0.5) is 28.9 Å². The number of likely N-dealkylation sites (tertiary alicyclic amines) is 1. The molecule has 4 amide bonds. The number of aliphatic hydroxyl groups excluding tert-OH is 1. The number of hydrogen-bond donors (Lipinski definition) is 3. The minimum atomic E-state index is -5.21. The van der Waals surface area contributed by atoms with Crippen molar-refractivity contribution in [3.05, 3.63) is 112 Å². The van der Waals surface area contributed by atoms with Crippen LogP contribution in [0.1, 0.15) is 76.3 Å². The number of hydrogen-bond acceptors (Lipinski definition) is 12. The average molecular weight is 1080 g/mol. The van der Waals surface area contributed by atoms with Crippen LogP contribution in [-0.2, 0) is 36.6 Å². The Kier molecular flexibility index (Phi) is 16.8. The van der Waals surface area contributed by atoms with Gasteiger partial charge in [-0.15, -0.1) is 11.3 Å². The van der Waals surface area contributed by atoms with Gasteiger partial charge in [0.05, 0.1) is 68.7 Å². The summed E-state index contributed by atoms with van der Waals surface area (Å²) in [5.41, 5.74) is 0.320. The smallest absolute Gasteiger partial charge is 0.420 e. The van der Waals surface area contributed by atoms with Gasteiger partial charge in [-0.05, 0) is 105 Å². The number of halogens is 5. The van der Waals surface area contributed by atoms with Crippen molar-refractivity contribution in [2.75, 3.05) is 36.2 Å². The Balaban J connectivity index is 0.862. The Hall–Kier alpha value is -6.57. The topological polar surface area (TPSA) is 190 Å². The molecule has 7 rings (SSSR count). The number of pyridine rings is 1. The molecule has 0 aliphatic carbocycles. The Morgan fingerprint density at radius 3 is 2.35 bits per heavy atom. The largest absolute Gasteiger partial charge is 0.492 e. The van der Waals surface area contributed by atoms with E-state index in [1.807, 2.05) is 31.2 Å². The number of carbonyl (C=O) groups is 4. The van der Waals surface area contributed by atoms with Crippen molar-refractivity contribution in [1.82, 2.24) is 25.5 Å². The lowest BCUT2D eigenvalue weighted by Crippen LogP contribution is -2.58. The van der Waals surface area contributed by atoms with E-state index in [-0.39, 0.29) is 49.5 Å². The molecule has 2 fully saturated rings. The highest BCUT2D eigenvalue weighted by atomic mass is 35.5. The molecule has 15 nitrogen and oxygen atoms in total. The maximum absolute atomic E-state index is 15.5. The lowest BCUT2D eigenvalue weighted by Gasteiger charge is -2.35. The molecule has 0 saturated carbocycles. The molecular formula is C52H53ClF4N8O7S2. The normalized spacial score (nSPS) is 17.1. The van der Waals surface area contributed by atoms with Crippen LogP contribution < -0.4 is 25.2 Å². The number of amides is 4. The number of nitriles is 1. The number of aliphatic hydroxyl groups is 1. The molecule has 3 aromatic carbocycles. The second-order valence-electron chi connectivity index (χ2n) is 19.3. The summed E-state index contributed by atoms with van der Waals surface area (Å²) in [6.45, 7) is 10.6. The van der Waals surface area contributed by atoms with E-state index in [0.717, 1.165) is 33.8 Å². The van der Waals surface area contributed by atoms with Crippen LogP contribution in [0.5, 0.6) is 5.75 Å². The van der Waals surface area contributed by atoms with Crippen LogP contribution in [0.2, 0.25) is 5.02 Å². The number of nitrogens with zero attached hydrogens (tertiary/aromatic N) is 6. The third-order valence-electron chi connectivity index (χ3n) is 12.6. The zero-order valence-corrected chi connectivity index (χ0v) is 43.6. The molecule has 4 heterocycles. The predicted molar refractivity (Wildman–Crippen MR) is 275 cm³/mol. The number of β-amino-alcohol motifs (C(OH)–C–C–N with tert-alkyl or cyclic N) is 1. The van der Waals surface area contributed by atoms with Crippen molar-refractivity contribution < 1.29 is 51.3 Å². The number of aryl methyl sites for hydroxylation is 1. The van der Waals surface area contributed by atoms with E-state index in [1.54, 1.807) is 68.0 Å². The molecule has 74 heavy (non-hydrogen) atoms. The molecule has 2 aliphatic heterocycles. The maximum Gasteiger partial charge on any atom is 0.420 e. The fourth-order valence-electron chi connectivity index (χ4n) is 8.65. The minimum Gasteiger partial charge on any atom is -0.492 e. The Morgan fingerprint density at radius 2 is 1.73 bits per heavy atom. The fourth-order valence-corrected chi connectivity index (χ4v) is 10.2. The Morgan fingerprint density at radius 1 is 1.03 bits per heavy atom. The van der Waals surface area contributed by atoms with Gasteiger partial charge in [-0.3, -0.25) is 29.1 Å². The van der Waals surface area contributed by atoms with E-state index in [0.29, 0.717) is 40.4 Å². The first-order chi connectivity index (χ1) is 34.9. The standard InChI is InChI=1S/C52H53ClF4N8O7S2/c1-29-44(74-28-61-29)31-11-9-30(10-12-31)24-60-46(68)39-22-35(66)26-63(39)47(69)45(50(2,3)4)62-41(67)27-71-19-7-8-20-72-40-18-14-32(21-36(40)53)37-16-15-34(25-59-37)65-49(73)64(48(70)51(65,5)6)38-17-13-33(23-58)42(43(38)54)52(55,56)57/h9-18,21,25,28,35,39,45,66H,7-8,19-20,22,24,26-27H2,1-6H3,(H,60,68)(H,62,67)/t35-,39+,45-/m1/s1. The second-order valence-corrected chi connectivity index (χ2v) is 21.0. The van der Waals surface area contributed by atoms with E-state index in [2.05, 4.69) is 20.6 Å². The number of anilines is 2. The van der Waals surface area contributed by atoms with Crippen molar-refractivity contribution in [2.24, 2.45) is 5.41 Å². The highest BCUT2D eigenvalue weighted by Gasteiger charge is 2.52. The molecule has 390 valence electrons. The number of ether oxygens (including phenoxy) is 2. The van der Waals surface area contributed by atoms with Crippen LogP contribution in [0.15, 0.2) is 78.4 Å². The van der Waals surface area contributed by atoms with Crippen molar-refractivity contribution in [3.8, 4) is 33.5 Å². The van der Waals surface area contributed by atoms with Crippen molar-refractivity contribution in [2.45, 2.75) is 97.3 Å². The molecule has 0 radical (unpaired) electrons. The number of thiazole rings is 1. The van der Waals surface area contributed by atoms with Crippen LogP contribution in [-0.4, -0.2) is 98.8 Å². The quantitative estimate of drug-likeness (QED) is 0.0457. The summed E-state index contributed by atoms with van der Waals surface area (Å²) in [5, 5.41) is 25.5. The highest BCUT2D eigenvalue weighted by Crippen LogP contribution is 2.42. The minimum absolute atomic E-state index is 0.0555. The number of benzene rings is 3. The van der Waals surface area contributed by atoms with E-state index < -0.39 is 81.6 Å². The molecule has 0 bridgehead atoms. The third kappa shape index (κ3) is 12.0. The first-order valence-corrected chi connectivity index (χ1v) is 25.1. The molecule has 0 unspecified atom stereocenters. The number of nitrogens with one attached hydrogen (secondary N) is 2. The van der Waals surface area contributed by atoms with Gasteiger partial charge in [0.2, 0.25) is 17.7 Å². The number of carbonyl (C=O) groups excluding carboxylic acids is 4. The van der Waals surface area contributed by atoms with Crippen molar-refractivity contribution >= 4 is 75.3 Å². The van der Waals surface area contributed by atoms with E-state index in [1.165, 1.54) is 35.9 Å². The van der Waals surface area contributed by atoms with Gasteiger partial charge in [-0.25, -0.2) is 9.37 Å². The van der Waals surface area contributed by atoms with Gasteiger partial charge in [0.1, 0.15) is 35.5 Å². The Labute approximate surface area is 439 Å². The SMILES string of the molecule is Cc1ncsc1-c1ccc(CNC(=O)[C@@H]2C[C@@H](O)CN2C(=O)[C@@H](NC(=O)COCCCCOc2ccc(-c3ccc(N4C(=S)N(c5ccc(C#N)c(C(F)(F)F)c5F)C(=O)C4(C)C)cn3)cc2Cl)C(C)(C)C)cc1. The zero-order chi connectivity index (χ0) is 53.9. The van der Waals surface area contributed by atoms with Crippen molar-refractivity contribution in [3.63, 3.8) is 0 Å². The number of rotatable bonds is 17. The van der Waals surface area contributed by atoms with Crippen LogP contribution in [0.3, 0.4) is 0 Å². The fraction of sp³-hybridized carbons (Fsp3) is 0.385. The molecule has 3 N–H and O–H groups in total. The lowest BCUT2D eigenvalue weighted by molar-refractivity contribution is -0.144. The van der Waals surface area contributed by atoms with Crippen molar-refractivity contribution in [1.29, 1.82) is 5.26 Å². The molecule has 2 aromatic heterocycles. The zero-order valence-electron chi connectivity index (χ0n) is 41.2. The first-order valence-electron chi connectivity index (χ1n) is 23.4. The molecule has 2 aliphatic rings. The number of alkyl halides is 3. The molecule has 2 saturated heterocycles. The van der Waals surface area contributed by atoms with E-state index in [4.69, 9.17) is 33.3 Å². The van der Waals surface area contributed by atoms with Crippen LogP contribution >= 0.6 is 35.2 Å². The summed E-state index contributed by atoms with van der Waals surface area (Å²) in [6, 6.07) is 17.1. The molecule has 22 heteroatoms. The van der Waals surface area contributed by atoms with Crippen LogP contribution in [0.25, 0.3) is 21.7 Å². The van der Waals surface area contributed by atoms with Gasteiger partial charge < -0.3 is 35.0 Å². The van der Waals surface area contributed by atoms with E-state index >= 15 is 4.39 Å². The molecule has 3 atom stereocenters. The summed E-state index contributed by atoms with van der Waals surface area (Å²) in [5.74, 6) is -3.60. The summed E-state index contributed by atoms with van der Waals surface area (Å²) >= 11 is 13.7. The lowest BCUT2D eigenvalue weighted by atomic mass is 9.85. The summed E-state index contributed by atoms with van der Waals surface area (Å²) in [7, 11) is 0. The molecule has 5 aromatic rings. The van der Waals surface area contributed by atoms with Gasteiger partial charge in [0.15, 0.2) is 10.9 Å².